The smallest absolute Gasteiger partial charge is 0.311 e. The Hall–Kier alpha value is -2.96. The Labute approximate surface area is 151 Å². The maximum absolute atomic E-state index is 13.3. The van der Waals surface area contributed by atoms with E-state index < -0.39 is 22.8 Å². The van der Waals surface area contributed by atoms with Crippen molar-refractivity contribution in [3.63, 3.8) is 0 Å². The summed E-state index contributed by atoms with van der Waals surface area (Å²) in [5, 5.41) is 13.8. The third-order valence-electron chi connectivity index (χ3n) is 4.08. The lowest BCUT2D eigenvalue weighted by Gasteiger charge is -2.19. The Kier molecular flexibility index (Phi) is 6.66. The number of rotatable bonds is 8. The van der Waals surface area contributed by atoms with Crippen molar-refractivity contribution in [2.75, 3.05) is 6.54 Å². The van der Waals surface area contributed by atoms with E-state index in [0.717, 1.165) is 30.2 Å². The summed E-state index contributed by atoms with van der Waals surface area (Å²) in [4.78, 5) is 22.6. The van der Waals surface area contributed by atoms with Gasteiger partial charge in [0.05, 0.1) is 4.92 Å². The molecule has 0 spiro atoms. The summed E-state index contributed by atoms with van der Waals surface area (Å²) in [6, 6.07) is 12.7. The number of nitrogens with zero attached hydrogens (tertiary/aromatic N) is 1. The van der Waals surface area contributed by atoms with Gasteiger partial charge in [-0.2, -0.15) is 0 Å². The number of nitro groups is 1. The van der Waals surface area contributed by atoms with Gasteiger partial charge in [-0.25, -0.2) is 4.39 Å². The first kappa shape index (κ1) is 19.4. The molecule has 2 aromatic rings. The maximum Gasteiger partial charge on any atom is 0.311 e. The maximum atomic E-state index is 13.3. The van der Waals surface area contributed by atoms with Crippen molar-refractivity contribution in [3.8, 4) is 5.75 Å². The normalized spacial score (nSPS) is 12.9. The molecule has 2 rings (SSSR count). The molecule has 0 radical (unpaired) electrons. The molecule has 6 nitrogen and oxygen atoms in total. The standard InChI is InChI=1S/C19H21FN2O4/c1-3-14(15-7-5-4-6-8-15)12-21-19(23)13(2)26-18-11-16(20)9-10-17(18)22(24)25/h4-11,13-14H,3,12H2,1-2H3,(H,21,23)/t13-,14+/m1/s1. The second-order valence-corrected chi connectivity index (χ2v) is 5.89. The highest BCUT2D eigenvalue weighted by atomic mass is 19.1. The molecule has 2 aromatic carbocycles. The highest BCUT2D eigenvalue weighted by molar-refractivity contribution is 5.80. The molecular weight excluding hydrogens is 339 g/mol. The Bertz CT molecular complexity index is 767. The van der Waals surface area contributed by atoms with Crippen molar-refractivity contribution in [3.05, 3.63) is 70.0 Å². The van der Waals surface area contributed by atoms with Crippen LogP contribution in [0.1, 0.15) is 31.7 Å². The first-order valence-electron chi connectivity index (χ1n) is 8.35. The van der Waals surface area contributed by atoms with Crippen molar-refractivity contribution in [2.24, 2.45) is 0 Å². The minimum absolute atomic E-state index is 0.149. The molecule has 1 amide bonds. The van der Waals surface area contributed by atoms with Crippen molar-refractivity contribution in [2.45, 2.75) is 32.3 Å². The second-order valence-electron chi connectivity index (χ2n) is 5.89. The monoisotopic (exact) mass is 360 g/mol. The van der Waals surface area contributed by atoms with Gasteiger partial charge in [0.25, 0.3) is 5.91 Å². The van der Waals surface area contributed by atoms with Crippen LogP contribution in [-0.4, -0.2) is 23.5 Å². The van der Waals surface area contributed by atoms with Gasteiger partial charge in [-0.15, -0.1) is 0 Å². The zero-order valence-corrected chi connectivity index (χ0v) is 14.6. The van der Waals surface area contributed by atoms with E-state index in [1.807, 2.05) is 37.3 Å². The van der Waals surface area contributed by atoms with Crippen LogP contribution in [-0.2, 0) is 4.79 Å². The lowest BCUT2D eigenvalue weighted by molar-refractivity contribution is -0.386. The number of nitro benzene ring substituents is 1. The molecule has 26 heavy (non-hydrogen) atoms. The molecule has 138 valence electrons. The number of ether oxygens (including phenoxy) is 1. The topological polar surface area (TPSA) is 81.5 Å². The number of hydrogen-bond acceptors (Lipinski definition) is 4. The van der Waals surface area contributed by atoms with Crippen LogP contribution in [0.15, 0.2) is 48.5 Å². The summed E-state index contributed by atoms with van der Waals surface area (Å²) in [5.41, 5.74) is 0.728. The van der Waals surface area contributed by atoms with E-state index in [-0.39, 0.29) is 17.4 Å². The summed E-state index contributed by atoms with van der Waals surface area (Å²) in [6.45, 7) is 3.91. The third-order valence-corrected chi connectivity index (χ3v) is 4.08. The average Bonchev–Trinajstić information content (AvgIpc) is 2.62. The minimum Gasteiger partial charge on any atom is -0.474 e. The first-order chi connectivity index (χ1) is 12.4. The van der Waals surface area contributed by atoms with E-state index in [0.29, 0.717) is 6.54 Å². The fourth-order valence-corrected chi connectivity index (χ4v) is 2.57. The SMILES string of the molecule is CC[C@@H](CNC(=O)[C@@H](C)Oc1cc(F)ccc1[N+](=O)[O-])c1ccccc1. The Morgan fingerprint density at radius 1 is 1.27 bits per heavy atom. The fraction of sp³-hybridized carbons (Fsp3) is 0.316. The Balaban J connectivity index is 2.00. The molecule has 0 aliphatic rings. The van der Waals surface area contributed by atoms with Gasteiger partial charge in [-0.05, 0) is 25.0 Å². The zero-order valence-electron chi connectivity index (χ0n) is 14.6. The van der Waals surface area contributed by atoms with Crippen LogP contribution in [0.5, 0.6) is 5.75 Å². The van der Waals surface area contributed by atoms with Crippen LogP contribution in [0.3, 0.4) is 0 Å². The zero-order chi connectivity index (χ0) is 19.1. The van der Waals surface area contributed by atoms with E-state index in [9.17, 15) is 19.3 Å². The van der Waals surface area contributed by atoms with Gasteiger partial charge >= 0.3 is 5.69 Å². The van der Waals surface area contributed by atoms with Crippen LogP contribution in [0.25, 0.3) is 0 Å². The quantitative estimate of drug-likeness (QED) is 0.573. The summed E-state index contributed by atoms with van der Waals surface area (Å²) in [7, 11) is 0. The molecule has 7 heteroatoms. The number of carbonyl (C=O) groups is 1. The van der Waals surface area contributed by atoms with Crippen molar-refractivity contribution in [1.82, 2.24) is 5.32 Å². The van der Waals surface area contributed by atoms with Gasteiger partial charge in [0.1, 0.15) is 5.82 Å². The van der Waals surface area contributed by atoms with E-state index in [1.54, 1.807) is 0 Å². The molecule has 1 N–H and O–H groups in total. The van der Waals surface area contributed by atoms with Crippen molar-refractivity contribution < 1.29 is 18.8 Å². The molecule has 0 saturated heterocycles. The van der Waals surface area contributed by atoms with Gasteiger partial charge in [0.15, 0.2) is 6.10 Å². The predicted molar refractivity (Wildman–Crippen MR) is 95.6 cm³/mol. The lowest BCUT2D eigenvalue weighted by atomic mass is 9.96. The molecule has 2 atom stereocenters. The predicted octanol–water partition coefficient (Wildman–Crippen LogP) is 3.81. The van der Waals surface area contributed by atoms with E-state index >= 15 is 0 Å². The molecule has 0 heterocycles. The largest absolute Gasteiger partial charge is 0.474 e. The van der Waals surface area contributed by atoms with Gasteiger partial charge in [-0.1, -0.05) is 37.3 Å². The summed E-state index contributed by atoms with van der Waals surface area (Å²) in [6.07, 6.45) is -0.154. The molecule has 0 aliphatic heterocycles. The molecule has 0 unspecified atom stereocenters. The van der Waals surface area contributed by atoms with E-state index in [4.69, 9.17) is 4.74 Å². The highest BCUT2D eigenvalue weighted by Gasteiger charge is 2.22. The van der Waals surface area contributed by atoms with Crippen LogP contribution in [0, 0.1) is 15.9 Å². The molecule has 0 bridgehead atoms. The Morgan fingerprint density at radius 2 is 1.96 bits per heavy atom. The minimum atomic E-state index is -0.997. The van der Waals surface area contributed by atoms with Gasteiger partial charge in [0.2, 0.25) is 5.75 Å². The van der Waals surface area contributed by atoms with Crippen molar-refractivity contribution in [1.29, 1.82) is 0 Å². The van der Waals surface area contributed by atoms with Crippen LogP contribution in [0.2, 0.25) is 0 Å². The first-order valence-corrected chi connectivity index (χ1v) is 8.35. The van der Waals surface area contributed by atoms with Crippen LogP contribution in [0.4, 0.5) is 10.1 Å². The molecular formula is C19H21FN2O4. The fourth-order valence-electron chi connectivity index (χ4n) is 2.57. The summed E-state index contributed by atoms with van der Waals surface area (Å²) < 4.78 is 18.7. The average molecular weight is 360 g/mol. The second kappa shape index (κ2) is 8.94. The molecule has 0 fully saturated rings. The lowest BCUT2D eigenvalue weighted by Crippen LogP contribution is -2.38. The van der Waals surface area contributed by atoms with Gasteiger partial charge < -0.3 is 10.1 Å². The number of nitrogens with one attached hydrogen (secondary N) is 1. The number of carbonyl (C=O) groups excluding carboxylic acids is 1. The summed E-state index contributed by atoms with van der Waals surface area (Å²) in [5.74, 6) is -1.21. The van der Waals surface area contributed by atoms with Gasteiger partial charge in [-0.3, -0.25) is 14.9 Å². The molecule has 0 aliphatic carbocycles. The number of hydrogen-bond donors (Lipinski definition) is 1. The summed E-state index contributed by atoms with van der Waals surface area (Å²) >= 11 is 0. The van der Waals surface area contributed by atoms with Gasteiger partial charge in [0, 0.05) is 24.6 Å². The van der Waals surface area contributed by atoms with Crippen molar-refractivity contribution >= 4 is 11.6 Å². The Morgan fingerprint density at radius 3 is 2.58 bits per heavy atom. The molecule has 0 aromatic heterocycles. The third kappa shape index (κ3) is 5.02. The number of benzene rings is 2. The van der Waals surface area contributed by atoms with E-state index in [1.165, 1.54) is 6.92 Å². The van der Waals surface area contributed by atoms with Crippen LogP contribution < -0.4 is 10.1 Å². The van der Waals surface area contributed by atoms with Crippen LogP contribution >= 0.6 is 0 Å². The molecule has 0 saturated carbocycles. The number of amides is 1. The number of halogens is 1. The highest BCUT2D eigenvalue weighted by Crippen LogP contribution is 2.28. The van der Waals surface area contributed by atoms with E-state index in [2.05, 4.69) is 5.32 Å².